The predicted octanol–water partition coefficient (Wildman–Crippen LogP) is 5.94. The van der Waals surface area contributed by atoms with E-state index in [0.29, 0.717) is 66.4 Å². The molecule has 0 radical (unpaired) electrons. The van der Waals surface area contributed by atoms with Gasteiger partial charge in [0.05, 0.1) is 10.9 Å². The lowest BCUT2D eigenvalue weighted by molar-refractivity contribution is -0.122. The summed E-state index contributed by atoms with van der Waals surface area (Å²) in [6.07, 6.45) is 5.58. The maximum absolute atomic E-state index is 17.0. The highest BCUT2D eigenvalue weighted by molar-refractivity contribution is 6.01. The number of hydrogen-bond donors (Lipinski definition) is 2. The predicted molar refractivity (Wildman–Crippen MR) is 180 cm³/mol. The van der Waals surface area contributed by atoms with Gasteiger partial charge < -0.3 is 20.1 Å². The standard InChI is InChI=1S/C37H41F3N6O3/c1-3-25-29(39)8-7-20-11-24(47)12-27(31(20)25)33-32(40)34-28(15-42-33)35(45-16-21-5-6-22(17-45)26(21)13-30(48)41-2)44-36(43-34)49-19-37-9-4-10-46(37)18-23(38)14-37/h7-8,11-12,15,21-23,26,47H,3-6,9-10,13-14,16-19H2,1-2H3,(H,41,48)/t21-,22+,23-,26?,37+/m1/s1. The third-order valence-corrected chi connectivity index (χ3v) is 11.7. The molecule has 3 aliphatic heterocycles. The van der Waals surface area contributed by atoms with Crippen LogP contribution >= 0.6 is 0 Å². The number of ether oxygens (including phenoxy) is 1. The average Bonchev–Trinajstić information content (AvgIpc) is 3.68. The molecule has 12 heteroatoms. The number of benzene rings is 2. The van der Waals surface area contributed by atoms with Crippen LogP contribution < -0.4 is 15.0 Å². The molecule has 5 atom stereocenters. The molecule has 4 fully saturated rings. The number of pyridine rings is 1. The van der Waals surface area contributed by atoms with Gasteiger partial charge >= 0.3 is 6.01 Å². The highest BCUT2D eigenvalue weighted by Crippen LogP contribution is 2.47. The largest absolute Gasteiger partial charge is 0.508 e. The lowest BCUT2D eigenvalue weighted by Crippen LogP contribution is -2.44. The van der Waals surface area contributed by atoms with Crippen molar-refractivity contribution in [1.82, 2.24) is 25.2 Å². The van der Waals surface area contributed by atoms with E-state index in [9.17, 15) is 14.3 Å². The number of aromatic nitrogens is 3. The number of hydrogen-bond acceptors (Lipinski definition) is 8. The van der Waals surface area contributed by atoms with Crippen LogP contribution in [-0.4, -0.2) is 82.4 Å². The van der Waals surface area contributed by atoms with Gasteiger partial charge in [0.25, 0.3) is 0 Å². The second-order valence-electron chi connectivity index (χ2n) is 14.4. The van der Waals surface area contributed by atoms with Crippen molar-refractivity contribution in [3.63, 3.8) is 0 Å². The molecule has 8 rings (SSSR count). The number of carbonyl (C=O) groups excluding carboxylic acids is 1. The molecule has 1 unspecified atom stereocenters. The summed E-state index contributed by atoms with van der Waals surface area (Å²) in [5, 5.41) is 14.8. The number of halogens is 3. The van der Waals surface area contributed by atoms with Crippen molar-refractivity contribution in [2.45, 2.75) is 63.6 Å². The Morgan fingerprint density at radius 3 is 2.69 bits per heavy atom. The van der Waals surface area contributed by atoms with Crippen molar-refractivity contribution in [2.75, 3.05) is 44.7 Å². The number of nitrogens with zero attached hydrogens (tertiary/aromatic N) is 5. The van der Waals surface area contributed by atoms with E-state index in [4.69, 9.17) is 9.72 Å². The quantitative estimate of drug-likeness (QED) is 0.237. The minimum absolute atomic E-state index is 0.00275. The number of alkyl halides is 1. The number of phenols is 1. The van der Waals surface area contributed by atoms with Crippen molar-refractivity contribution in [2.24, 2.45) is 17.8 Å². The zero-order chi connectivity index (χ0) is 34.0. The molecule has 2 bridgehead atoms. The SMILES string of the molecule is CCc1c(F)ccc2cc(O)cc(-c3ncc4c(N5C[C@H]6CC[C@@H](C5)C6CC(=O)NC)nc(OC[C@@]56CCCN5C[C@H](F)C6)nc4c3F)c12. The zero-order valence-corrected chi connectivity index (χ0v) is 27.8. The zero-order valence-electron chi connectivity index (χ0n) is 27.8. The molecule has 1 aliphatic carbocycles. The summed E-state index contributed by atoms with van der Waals surface area (Å²) in [4.78, 5) is 30.7. The lowest BCUT2D eigenvalue weighted by Gasteiger charge is -2.39. The Hall–Kier alpha value is -4.19. The van der Waals surface area contributed by atoms with Crippen molar-refractivity contribution in [3.05, 3.63) is 47.7 Å². The number of carbonyl (C=O) groups is 1. The van der Waals surface area contributed by atoms with Crippen molar-refractivity contribution >= 4 is 33.4 Å². The fourth-order valence-corrected chi connectivity index (χ4v) is 9.35. The van der Waals surface area contributed by atoms with Gasteiger partial charge in [-0.05, 0) is 90.9 Å². The van der Waals surface area contributed by atoms with Gasteiger partial charge in [0.1, 0.15) is 41.4 Å². The summed E-state index contributed by atoms with van der Waals surface area (Å²) in [5.41, 5.74) is 0.163. The number of phenolic OH excluding ortho intramolecular Hbond substituents is 1. The number of aryl methyl sites for hydroxylation is 1. The van der Waals surface area contributed by atoms with E-state index in [2.05, 4.69) is 25.1 Å². The van der Waals surface area contributed by atoms with Gasteiger partial charge in [-0.1, -0.05) is 13.0 Å². The van der Waals surface area contributed by atoms with Gasteiger partial charge in [-0.15, -0.1) is 0 Å². The smallest absolute Gasteiger partial charge is 0.319 e. The number of piperidine rings is 1. The first-order chi connectivity index (χ1) is 23.7. The van der Waals surface area contributed by atoms with Gasteiger partial charge in [0, 0.05) is 51.3 Å². The third-order valence-electron chi connectivity index (χ3n) is 11.7. The fraction of sp³-hybridized carbons (Fsp3) is 0.514. The number of amides is 1. The van der Waals surface area contributed by atoms with Crippen LogP contribution in [0.2, 0.25) is 0 Å². The van der Waals surface area contributed by atoms with Crippen LogP contribution in [0.1, 0.15) is 51.0 Å². The Labute approximate surface area is 282 Å². The molecule has 3 saturated heterocycles. The molecule has 2 aromatic heterocycles. The Balaban J connectivity index is 1.24. The van der Waals surface area contributed by atoms with E-state index in [1.165, 1.54) is 18.2 Å². The van der Waals surface area contributed by atoms with E-state index in [-0.39, 0.29) is 58.8 Å². The first-order valence-corrected chi connectivity index (χ1v) is 17.5. The summed E-state index contributed by atoms with van der Waals surface area (Å²) in [6.45, 7) is 4.49. The molecular weight excluding hydrogens is 633 g/mol. The highest BCUT2D eigenvalue weighted by atomic mass is 19.1. The van der Waals surface area contributed by atoms with Crippen LogP contribution in [0.25, 0.3) is 32.9 Å². The summed E-state index contributed by atoms with van der Waals surface area (Å²) in [6, 6.07) is 5.86. The molecule has 2 aromatic carbocycles. The van der Waals surface area contributed by atoms with Gasteiger partial charge in [-0.25, -0.2) is 13.2 Å². The normalized spacial score (nSPS) is 26.5. The van der Waals surface area contributed by atoms with E-state index in [1.54, 1.807) is 19.3 Å². The first kappa shape index (κ1) is 32.0. The molecule has 258 valence electrons. The summed E-state index contributed by atoms with van der Waals surface area (Å²) >= 11 is 0. The Kier molecular flexibility index (Phi) is 8.04. The second-order valence-corrected chi connectivity index (χ2v) is 14.4. The van der Waals surface area contributed by atoms with Crippen molar-refractivity contribution in [3.8, 4) is 23.0 Å². The van der Waals surface area contributed by atoms with Crippen LogP contribution in [0.15, 0.2) is 30.5 Å². The number of aromatic hydroxyl groups is 1. The topological polar surface area (TPSA) is 104 Å². The molecule has 1 amide bonds. The van der Waals surface area contributed by atoms with Crippen LogP contribution in [-0.2, 0) is 11.2 Å². The minimum atomic E-state index is -0.926. The molecule has 2 N–H and O–H groups in total. The van der Waals surface area contributed by atoms with Gasteiger partial charge in [-0.2, -0.15) is 9.97 Å². The molecule has 49 heavy (non-hydrogen) atoms. The monoisotopic (exact) mass is 674 g/mol. The van der Waals surface area contributed by atoms with E-state index in [1.807, 2.05) is 6.92 Å². The molecule has 0 spiro atoms. The molecule has 9 nitrogen and oxygen atoms in total. The summed E-state index contributed by atoms with van der Waals surface area (Å²) < 4.78 is 52.9. The van der Waals surface area contributed by atoms with Gasteiger partial charge in [-0.3, -0.25) is 14.7 Å². The summed E-state index contributed by atoms with van der Waals surface area (Å²) in [7, 11) is 1.66. The molecule has 5 heterocycles. The average molecular weight is 675 g/mol. The maximum Gasteiger partial charge on any atom is 0.319 e. The Morgan fingerprint density at radius 2 is 1.94 bits per heavy atom. The van der Waals surface area contributed by atoms with E-state index in [0.717, 1.165) is 32.2 Å². The van der Waals surface area contributed by atoms with Gasteiger partial charge in [0.2, 0.25) is 5.91 Å². The van der Waals surface area contributed by atoms with Crippen LogP contribution in [0.5, 0.6) is 11.8 Å². The molecule has 1 saturated carbocycles. The molecular formula is C37H41F3N6O3. The second kappa shape index (κ2) is 12.3. The highest BCUT2D eigenvalue weighted by Gasteiger charge is 2.49. The molecule has 4 aromatic rings. The number of anilines is 1. The van der Waals surface area contributed by atoms with E-state index < -0.39 is 23.3 Å². The first-order valence-electron chi connectivity index (χ1n) is 17.5. The number of fused-ring (bicyclic) bond motifs is 5. The number of rotatable bonds is 8. The lowest BCUT2D eigenvalue weighted by atomic mass is 9.82. The molecule has 4 aliphatic rings. The van der Waals surface area contributed by atoms with Crippen LogP contribution in [0.4, 0.5) is 19.0 Å². The minimum Gasteiger partial charge on any atom is -0.508 e. The van der Waals surface area contributed by atoms with Crippen molar-refractivity contribution in [1.29, 1.82) is 0 Å². The maximum atomic E-state index is 17.0. The van der Waals surface area contributed by atoms with Crippen LogP contribution in [0.3, 0.4) is 0 Å². The van der Waals surface area contributed by atoms with Gasteiger partial charge in [0.15, 0.2) is 5.82 Å². The third kappa shape index (κ3) is 5.43. The summed E-state index contributed by atoms with van der Waals surface area (Å²) in [5.74, 6) is 0.104. The van der Waals surface area contributed by atoms with Crippen molar-refractivity contribution < 1.29 is 27.8 Å². The fourth-order valence-electron chi connectivity index (χ4n) is 9.35. The Bertz CT molecular complexity index is 1950. The van der Waals surface area contributed by atoms with Crippen LogP contribution in [0, 0.1) is 29.4 Å². The van der Waals surface area contributed by atoms with E-state index >= 15 is 8.78 Å². The Morgan fingerprint density at radius 1 is 1.14 bits per heavy atom. The number of nitrogens with one attached hydrogen (secondary N) is 1.